The van der Waals surface area contributed by atoms with Gasteiger partial charge in [0.25, 0.3) is 0 Å². The first-order chi connectivity index (χ1) is 14.1. The number of hydrogen-bond acceptors (Lipinski definition) is 3. The lowest BCUT2D eigenvalue weighted by Gasteiger charge is -2.37. The van der Waals surface area contributed by atoms with E-state index in [1.54, 1.807) is 12.1 Å². The van der Waals surface area contributed by atoms with E-state index in [0.717, 1.165) is 83.0 Å². The average Bonchev–Trinajstić information content (AvgIpc) is 3.32. The van der Waals surface area contributed by atoms with Gasteiger partial charge in [-0.25, -0.2) is 4.39 Å². The van der Waals surface area contributed by atoms with Gasteiger partial charge in [0.15, 0.2) is 5.96 Å². The quantitative estimate of drug-likeness (QED) is 0.603. The Balaban J connectivity index is 1.26. The molecule has 1 N–H and O–H groups in total. The van der Waals surface area contributed by atoms with E-state index in [2.05, 4.69) is 20.1 Å². The molecule has 1 aromatic rings. The predicted octanol–water partition coefficient (Wildman–Crippen LogP) is 1.67. The molecule has 0 atom stereocenters. The third kappa shape index (κ3) is 4.71. The van der Waals surface area contributed by atoms with Crippen LogP contribution in [0, 0.1) is 5.82 Å². The van der Waals surface area contributed by atoms with Crippen LogP contribution in [-0.4, -0.2) is 86.0 Å². The Morgan fingerprint density at radius 2 is 1.83 bits per heavy atom. The van der Waals surface area contributed by atoms with E-state index in [1.807, 2.05) is 18.0 Å². The first-order valence-corrected chi connectivity index (χ1v) is 10.8. The maximum atomic E-state index is 13.6. The number of carbonyl (C=O) groups is 1. The summed E-state index contributed by atoms with van der Waals surface area (Å²) in [5.74, 6) is 1.00. The second-order valence-corrected chi connectivity index (χ2v) is 8.54. The lowest BCUT2D eigenvalue weighted by molar-refractivity contribution is -0.131. The fourth-order valence-electron chi connectivity index (χ4n) is 4.49. The van der Waals surface area contributed by atoms with Crippen molar-refractivity contribution in [2.24, 2.45) is 4.99 Å². The molecule has 3 aliphatic rings. The lowest BCUT2D eigenvalue weighted by atomic mass is 9.96. The van der Waals surface area contributed by atoms with Gasteiger partial charge in [0.2, 0.25) is 5.91 Å². The molecule has 2 saturated heterocycles. The monoisotopic (exact) mass is 401 g/mol. The van der Waals surface area contributed by atoms with Crippen LogP contribution in [0.2, 0.25) is 0 Å². The first-order valence-electron chi connectivity index (χ1n) is 10.8. The summed E-state index contributed by atoms with van der Waals surface area (Å²) in [5, 5.41) is 3.52. The van der Waals surface area contributed by atoms with Crippen LogP contribution in [-0.2, 0) is 10.2 Å². The maximum absolute atomic E-state index is 13.6. The molecule has 1 aliphatic carbocycles. The van der Waals surface area contributed by atoms with E-state index in [4.69, 9.17) is 0 Å². The zero-order valence-electron chi connectivity index (χ0n) is 17.4. The van der Waals surface area contributed by atoms with Crippen molar-refractivity contribution in [2.75, 3.05) is 59.4 Å². The Hall–Kier alpha value is -2.15. The van der Waals surface area contributed by atoms with Gasteiger partial charge in [-0.1, -0.05) is 12.1 Å². The van der Waals surface area contributed by atoms with Crippen molar-refractivity contribution in [3.8, 4) is 0 Å². The number of likely N-dealkylation sites (tertiary alicyclic amines) is 1. The molecule has 1 aromatic carbocycles. The van der Waals surface area contributed by atoms with Crippen LogP contribution in [0.15, 0.2) is 29.3 Å². The summed E-state index contributed by atoms with van der Waals surface area (Å²) in [6.07, 6.45) is 4.43. The molecule has 0 radical (unpaired) electrons. The van der Waals surface area contributed by atoms with Gasteiger partial charge < -0.3 is 15.1 Å². The normalized spacial score (nSPS) is 22.1. The summed E-state index contributed by atoms with van der Waals surface area (Å²) in [5.41, 5.74) is 1.10. The first kappa shape index (κ1) is 20.1. The third-order valence-corrected chi connectivity index (χ3v) is 6.58. The van der Waals surface area contributed by atoms with Crippen molar-refractivity contribution in [3.05, 3.63) is 35.6 Å². The zero-order chi connectivity index (χ0) is 20.3. The smallest absolute Gasteiger partial charge is 0.236 e. The Labute approximate surface area is 172 Å². The van der Waals surface area contributed by atoms with Crippen molar-refractivity contribution in [1.29, 1.82) is 0 Å². The number of hydrogen-bond donors (Lipinski definition) is 1. The van der Waals surface area contributed by atoms with Gasteiger partial charge in [0, 0.05) is 58.3 Å². The van der Waals surface area contributed by atoms with Crippen molar-refractivity contribution in [3.63, 3.8) is 0 Å². The van der Waals surface area contributed by atoms with Crippen LogP contribution in [0.1, 0.15) is 31.2 Å². The van der Waals surface area contributed by atoms with Crippen molar-refractivity contribution in [1.82, 2.24) is 20.0 Å². The van der Waals surface area contributed by atoms with Gasteiger partial charge in [-0.05, 0) is 43.4 Å². The van der Waals surface area contributed by atoms with Crippen molar-refractivity contribution >= 4 is 11.9 Å². The van der Waals surface area contributed by atoms with E-state index >= 15 is 0 Å². The highest BCUT2D eigenvalue weighted by Crippen LogP contribution is 2.47. The second kappa shape index (κ2) is 8.69. The Morgan fingerprint density at radius 1 is 1.10 bits per heavy atom. The van der Waals surface area contributed by atoms with Crippen LogP contribution >= 0.6 is 0 Å². The molecule has 2 aliphatic heterocycles. The number of nitrogens with zero attached hydrogens (tertiary/aromatic N) is 4. The molecule has 2 heterocycles. The topological polar surface area (TPSA) is 51.2 Å². The molecule has 0 bridgehead atoms. The summed E-state index contributed by atoms with van der Waals surface area (Å²) in [6.45, 7) is 6.61. The zero-order valence-corrected chi connectivity index (χ0v) is 17.4. The van der Waals surface area contributed by atoms with Crippen LogP contribution in [0.5, 0.6) is 0 Å². The van der Waals surface area contributed by atoms with E-state index in [1.165, 1.54) is 6.07 Å². The summed E-state index contributed by atoms with van der Waals surface area (Å²) in [7, 11) is 1.81. The Bertz CT molecular complexity index is 749. The summed E-state index contributed by atoms with van der Waals surface area (Å²) < 4.78 is 13.6. The Morgan fingerprint density at radius 3 is 2.45 bits per heavy atom. The van der Waals surface area contributed by atoms with Gasteiger partial charge in [0.05, 0.1) is 6.54 Å². The second-order valence-electron chi connectivity index (χ2n) is 8.54. The van der Waals surface area contributed by atoms with E-state index in [0.29, 0.717) is 6.54 Å². The highest BCUT2D eigenvalue weighted by Gasteiger charge is 2.44. The molecule has 0 aromatic heterocycles. The number of aliphatic imine (C=N–C) groups is 1. The number of benzene rings is 1. The number of halogens is 1. The molecule has 7 heteroatoms. The molecular formula is C22H32FN5O. The predicted molar refractivity (Wildman–Crippen MR) is 113 cm³/mol. The van der Waals surface area contributed by atoms with E-state index in [9.17, 15) is 9.18 Å². The van der Waals surface area contributed by atoms with Crippen LogP contribution < -0.4 is 5.32 Å². The molecule has 29 heavy (non-hydrogen) atoms. The van der Waals surface area contributed by atoms with Crippen LogP contribution in [0.25, 0.3) is 0 Å². The third-order valence-electron chi connectivity index (χ3n) is 6.58. The summed E-state index contributed by atoms with van der Waals surface area (Å²) in [6, 6.07) is 6.98. The summed E-state index contributed by atoms with van der Waals surface area (Å²) >= 11 is 0. The average molecular weight is 402 g/mol. The molecule has 0 unspecified atom stereocenters. The van der Waals surface area contributed by atoms with Gasteiger partial charge >= 0.3 is 0 Å². The highest BCUT2D eigenvalue weighted by atomic mass is 19.1. The van der Waals surface area contributed by atoms with Gasteiger partial charge in [-0.15, -0.1) is 0 Å². The lowest BCUT2D eigenvalue weighted by Crippen LogP contribution is -2.54. The fourth-order valence-corrected chi connectivity index (χ4v) is 4.49. The maximum Gasteiger partial charge on any atom is 0.236 e. The van der Waals surface area contributed by atoms with E-state index in [-0.39, 0.29) is 17.1 Å². The van der Waals surface area contributed by atoms with Gasteiger partial charge in [-0.3, -0.25) is 14.7 Å². The molecule has 158 valence electrons. The standard InChI is InChI=1S/C22H32FN5O/c1-24-21(25-17-22(7-8-22)18-5-4-6-19(23)15-18)28-13-11-26(12-14-28)16-20(29)27-9-2-3-10-27/h4-6,15H,2-3,7-14,16-17H2,1H3,(H,24,25). The number of rotatable bonds is 5. The number of carbonyl (C=O) groups excluding carboxylic acids is 1. The van der Waals surface area contributed by atoms with Gasteiger partial charge in [0.1, 0.15) is 5.82 Å². The van der Waals surface area contributed by atoms with Crippen LogP contribution in [0.3, 0.4) is 0 Å². The SMILES string of the molecule is CN=C(NCC1(c2cccc(F)c2)CC1)N1CCN(CC(=O)N2CCCC2)CC1. The molecule has 6 nitrogen and oxygen atoms in total. The van der Waals surface area contributed by atoms with Crippen LogP contribution in [0.4, 0.5) is 4.39 Å². The largest absolute Gasteiger partial charge is 0.355 e. The minimum atomic E-state index is -0.169. The Kier molecular flexibility index (Phi) is 6.04. The molecule has 1 amide bonds. The molecule has 3 fully saturated rings. The molecule has 0 spiro atoms. The minimum absolute atomic E-state index is 0.0298. The van der Waals surface area contributed by atoms with Gasteiger partial charge in [-0.2, -0.15) is 0 Å². The van der Waals surface area contributed by atoms with E-state index < -0.39 is 0 Å². The van der Waals surface area contributed by atoms with Crippen molar-refractivity contribution in [2.45, 2.75) is 31.1 Å². The highest BCUT2D eigenvalue weighted by molar-refractivity contribution is 5.80. The summed E-state index contributed by atoms with van der Waals surface area (Å²) in [4.78, 5) is 23.3. The van der Waals surface area contributed by atoms with Crippen molar-refractivity contribution < 1.29 is 9.18 Å². The molecular weight excluding hydrogens is 369 g/mol. The minimum Gasteiger partial charge on any atom is -0.355 e. The number of piperazine rings is 1. The molecule has 4 rings (SSSR count). The molecule has 1 saturated carbocycles. The fraction of sp³-hybridized carbons (Fsp3) is 0.636. The number of amides is 1. The number of guanidine groups is 1. The number of nitrogens with one attached hydrogen (secondary N) is 1.